The van der Waals surface area contributed by atoms with Crippen LogP contribution < -0.4 is 4.72 Å². The van der Waals surface area contributed by atoms with Gasteiger partial charge in [-0.1, -0.05) is 12.8 Å². The number of nitrogens with zero attached hydrogens (tertiary/aromatic N) is 2. The first kappa shape index (κ1) is 18.6. The van der Waals surface area contributed by atoms with E-state index in [-0.39, 0.29) is 17.6 Å². The molecule has 0 aromatic rings. The van der Waals surface area contributed by atoms with Gasteiger partial charge in [0.1, 0.15) is 5.41 Å². The molecule has 0 aromatic carbocycles. The Morgan fingerprint density at radius 1 is 1.24 bits per heavy atom. The van der Waals surface area contributed by atoms with Crippen molar-refractivity contribution < 1.29 is 17.9 Å². The molecule has 1 N–H and O–H groups in total. The monoisotopic (exact) mass is 369 g/mol. The molecule has 2 heterocycles. The van der Waals surface area contributed by atoms with Crippen LogP contribution >= 0.6 is 0 Å². The van der Waals surface area contributed by atoms with Gasteiger partial charge in [-0.25, -0.2) is 13.1 Å². The van der Waals surface area contributed by atoms with Crippen LogP contribution in [0.25, 0.3) is 0 Å². The SMILES string of the molecule is CS(=O)(=O)NC1CCOC2(CCN(C(=O)C3(C#N)CCCC3)CC2)C1. The average Bonchev–Trinajstić information content (AvgIpc) is 3.04. The molecule has 2 saturated heterocycles. The van der Waals surface area contributed by atoms with Gasteiger partial charge in [0.05, 0.1) is 17.9 Å². The van der Waals surface area contributed by atoms with E-state index in [1.807, 2.05) is 4.90 Å². The van der Waals surface area contributed by atoms with E-state index < -0.39 is 15.4 Å². The fraction of sp³-hybridized carbons (Fsp3) is 0.882. The van der Waals surface area contributed by atoms with Crippen LogP contribution in [0.1, 0.15) is 51.4 Å². The van der Waals surface area contributed by atoms with Crippen LogP contribution in [0.3, 0.4) is 0 Å². The van der Waals surface area contributed by atoms with Crippen molar-refractivity contribution in [1.82, 2.24) is 9.62 Å². The summed E-state index contributed by atoms with van der Waals surface area (Å²) in [4.78, 5) is 14.7. The van der Waals surface area contributed by atoms with Crippen LogP contribution in [-0.2, 0) is 19.6 Å². The fourth-order valence-corrected chi connectivity index (χ4v) is 5.36. The predicted octanol–water partition coefficient (Wildman–Crippen LogP) is 1.16. The van der Waals surface area contributed by atoms with Gasteiger partial charge in [-0.3, -0.25) is 4.79 Å². The molecule has 1 saturated carbocycles. The lowest BCUT2D eigenvalue weighted by Crippen LogP contribution is -2.55. The molecular weight excluding hydrogens is 342 g/mol. The number of nitrogens with one attached hydrogen (secondary N) is 1. The minimum atomic E-state index is -3.23. The highest BCUT2D eigenvalue weighted by atomic mass is 32.2. The number of carbonyl (C=O) groups excluding carboxylic acids is 1. The van der Waals surface area contributed by atoms with Crippen molar-refractivity contribution in [3.05, 3.63) is 0 Å². The number of amides is 1. The zero-order chi connectivity index (χ0) is 18.1. The van der Waals surface area contributed by atoms with E-state index in [2.05, 4.69) is 10.8 Å². The second kappa shape index (κ2) is 6.86. The molecule has 3 fully saturated rings. The first-order chi connectivity index (χ1) is 11.8. The van der Waals surface area contributed by atoms with Gasteiger partial charge in [0, 0.05) is 25.7 Å². The van der Waals surface area contributed by atoms with Crippen LogP contribution in [-0.4, -0.2) is 56.8 Å². The standard InChI is InChI=1S/C17H27N3O4S/c1-25(22,23)19-14-4-11-24-17(12-14)7-9-20(10-8-17)15(21)16(13-18)5-2-3-6-16/h14,19H,2-12H2,1H3. The highest BCUT2D eigenvalue weighted by Crippen LogP contribution is 2.41. The number of nitriles is 1. The number of hydrogen-bond donors (Lipinski definition) is 1. The van der Waals surface area contributed by atoms with Gasteiger partial charge in [-0.2, -0.15) is 5.26 Å². The molecule has 7 nitrogen and oxygen atoms in total. The average molecular weight is 369 g/mol. The van der Waals surface area contributed by atoms with Crippen molar-refractivity contribution in [3.8, 4) is 6.07 Å². The summed E-state index contributed by atoms with van der Waals surface area (Å²) in [5.41, 5.74) is -1.18. The summed E-state index contributed by atoms with van der Waals surface area (Å²) in [5, 5.41) is 9.52. The van der Waals surface area contributed by atoms with E-state index in [1.165, 1.54) is 6.26 Å². The van der Waals surface area contributed by atoms with E-state index in [0.717, 1.165) is 12.8 Å². The van der Waals surface area contributed by atoms with Crippen LogP contribution in [0.15, 0.2) is 0 Å². The normalized spacial score (nSPS) is 28.6. The summed E-state index contributed by atoms with van der Waals surface area (Å²) in [6.07, 6.45) is 7.12. The lowest BCUT2D eigenvalue weighted by Gasteiger charge is -2.47. The molecule has 1 atom stereocenters. The number of ether oxygens (including phenoxy) is 1. The highest BCUT2D eigenvalue weighted by Gasteiger charge is 2.47. The number of rotatable bonds is 3. The van der Waals surface area contributed by atoms with Gasteiger partial charge in [0.2, 0.25) is 15.9 Å². The number of carbonyl (C=O) groups is 1. The van der Waals surface area contributed by atoms with Crippen molar-refractivity contribution >= 4 is 15.9 Å². The predicted molar refractivity (Wildman–Crippen MR) is 92.0 cm³/mol. The van der Waals surface area contributed by atoms with Gasteiger partial charge in [-0.05, 0) is 38.5 Å². The third kappa shape index (κ3) is 3.99. The summed E-state index contributed by atoms with van der Waals surface area (Å²) in [6, 6.07) is 2.17. The molecular formula is C17H27N3O4S. The van der Waals surface area contributed by atoms with Crippen LogP contribution in [0.2, 0.25) is 0 Å². The first-order valence-electron chi connectivity index (χ1n) is 9.10. The Morgan fingerprint density at radius 3 is 2.44 bits per heavy atom. The topological polar surface area (TPSA) is 99.5 Å². The van der Waals surface area contributed by atoms with Crippen LogP contribution in [0.4, 0.5) is 0 Å². The number of sulfonamides is 1. The van der Waals surface area contributed by atoms with Crippen molar-refractivity contribution in [3.63, 3.8) is 0 Å². The van der Waals surface area contributed by atoms with E-state index in [9.17, 15) is 18.5 Å². The Morgan fingerprint density at radius 2 is 1.88 bits per heavy atom. The number of hydrogen-bond acceptors (Lipinski definition) is 5. The third-order valence-electron chi connectivity index (χ3n) is 5.92. The number of piperidine rings is 1. The van der Waals surface area contributed by atoms with Crippen LogP contribution in [0, 0.1) is 16.7 Å². The van der Waals surface area contributed by atoms with Gasteiger partial charge < -0.3 is 9.64 Å². The molecule has 8 heteroatoms. The maximum Gasteiger partial charge on any atom is 0.243 e. The molecule has 1 unspecified atom stereocenters. The summed E-state index contributed by atoms with van der Waals surface area (Å²) >= 11 is 0. The molecule has 25 heavy (non-hydrogen) atoms. The molecule has 1 aliphatic carbocycles. The molecule has 2 aliphatic heterocycles. The van der Waals surface area contributed by atoms with Gasteiger partial charge in [-0.15, -0.1) is 0 Å². The molecule has 0 aromatic heterocycles. The Balaban J connectivity index is 1.61. The first-order valence-corrected chi connectivity index (χ1v) is 11.0. The second-order valence-corrected chi connectivity index (χ2v) is 9.58. The zero-order valence-electron chi connectivity index (χ0n) is 14.8. The Kier molecular flexibility index (Phi) is 5.11. The lowest BCUT2D eigenvalue weighted by molar-refractivity contribution is -0.150. The molecule has 1 spiro atoms. The van der Waals surface area contributed by atoms with Crippen molar-refractivity contribution in [1.29, 1.82) is 5.26 Å². The largest absolute Gasteiger partial charge is 0.375 e. The highest BCUT2D eigenvalue weighted by molar-refractivity contribution is 7.88. The van der Waals surface area contributed by atoms with Gasteiger partial charge in [0.15, 0.2) is 0 Å². The molecule has 3 rings (SSSR count). The summed E-state index contributed by atoms with van der Waals surface area (Å²) in [5.74, 6) is -0.0241. The van der Waals surface area contributed by atoms with Crippen molar-refractivity contribution in [2.24, 2.45) is 5.41 Å². The maximum atomic E-state index is 12.8. The Labute approximate surface area is 149 Å². The Hall–Kier alpha value is -1.17. The maximum absolute atomic E-state index is 12.8. The van der Waals surface area contributed by atoms with Gasteiger partial charge >= 0.3 is 0 Å². The summed E-state index contributed by atoms with van der Waals surface area (Å²) < 4.78 is 31.7. The third-order valence-corrected chi connectivity index (χ3v) is 6.68. The molecule has 140 valence electrons. The second-order valence-electron chi connectivity index (χ2n) is 7.80. The molecule has 0 bridgehead atoms. The summed E-state index contributed by atoms with van der Waals surface area (Å²) in [7, 11) is -3.23. The van der Waals surface area contributed by atoms with Gasteiger partial charge in [0.25, 0.3) is 0 Å². The summed E-state index contributed by atoms with van der Waals surface area (Å²) in [6.45, 7) is 1.69. The van der Waals surface area contributed by atoms with E-state index in [4.69, 9.17) is 4.74 Å². The van der Waals surface area contributed by atoms with Crippen molar-refractivity contribution in [2.75, 3.05) is 26.0 Å². The van der Waals surface area contributed by atoms with Crippen LogP contribution in [0.5, 0.6) is 0 Å². The van der Waals surface area contributed by atoms with E-state index in [1.54, 1.807) is 0 Å². The van der Waals surface area contributed by atoms with E-state index in [0.29, 0.717) is 58.2 Å². The Bertz CT molecular complexity index is 656. The fourth-order valence-electron chi connectivity index (χ4n) is 4.55. The molecule has 1 amide bonds. The smallest absolute Gasteiger partial charge is 0.243 e. The lowest BCUT2D eigenvalue weighted by atomic mass is 9.80. The molecule has 3 aliphatic rings. The zero-order valence-corrected chi connectivity index (χ0v) is 15.6. The van der Waals surface area contributed by atoms with Crippen molar-refractivity contribution in [2.45, 2.75) is 63.0 Å². The number of likely N-dealkylation sites (tertiary alicyclic amines) is 1. The minimum Gasteiger partial charge on any atom is -0.375 e. The van der Waals surface area contributed by atoms with E-state index >= 15 is 0 Å². The quantitative estimate of drug-likeness (QED) is 0.805. The molecule has 0 radical (unpaired) electrons. The minimum absolute atomic E-state index is 0.0241.